The van der Waals surface area contributed by atoms with Gasteiger partial charge < -0.3 is 24.8 Å². The van der Waals surface area contributed by atoms with Crippen LogP contribution < -0.4 is 10.1 Å². The first kappa shape index (κ1) is 35.9. The lowest BCUT2D eigenvalue weighted by Crippen LogP contribution is -2.48. The van der Waals surface area contributed by atoms with Crippen molar-refractivity contribution in [2.45, 2.75) is 95.3 Å². The number of amides is 2. The number of carbonyl (C=O) groups excluding carboxylic acids is 2. The number of hydrogen-bond donors (Lipinski definition) is 2. The summed E-state index contributed by atoms with van der Waals surface area (Å²) >= 11 is 0. The summed E-state index contributed by atoms with van der Waals surface area (Å²) in [4.78, 5) is 29.2. The molecule has 2 amide bonds. The molecule has 1 heterocycles. The molecule has 1 aliphatic carbocycles. The fraction of sp³-hybridized carbons (Fsp3) is 0.600. The number of rotatable bonds is 8. The van der Waals surface area contributed by atoms with E-state index in [1.165, 1.54) is 4.31 Å². The van der Waals surface area contributed by atoms with Gasteiger partial charge >= 0.3 is 0 Å². The fourth-order valence-corrected chi connectivity index (χ4v) is 7.40. The molecule has 2 aromatic carbocycles. The summed E-state index contributed by atoms with van der Waals surface area (Å²) in [5.74, 6) is -0.278. The lowest BCUT2D eigenvalue weighted by molar-refractivity contribution is -0.120. The van der Waals surface area contributed by atoms with Gasteiger partial charge in [0, 0.05) is 44.3 Å². The molecule has 2 aromatic rings. The van der Waals surface area contributed by atoms with Crippen LogP contribution in [0.5, 0.6) is 5.75 Å². The standard InChI is InChI=1S/C35H51N3O7S/c1-25-22-38(26(2)24-39)35(41)31-21-29(36-34(40)28-14-7-5-8-15-28)18-19-32(31)45-27(3)13-11-12-20-44-33(25)23-37(4)46(42,43)30-16-9-6-10-17-30/h6,9-10,16-19,21,25-28,33,39H,5,7-8,11-15,20,22-24H2,1-4H3,(H,36,40)/t25-,26+,27+,33+/m1/s1. The zero-order chi connectivity index (χ0) is 33.3. The topological polar surface area (TPSA) is 125 Å². The zero-order valence-corrected chi connectivity index (χ0v) is 28.5. The fourth-order valence-electron chi connectivity index (χ4n) is 6.20. The third kappa shape index (κ3) is 9.30. The van der Waals surface area contributed by atoms with Gasteiger partial charge in [0.2, 0.25) is 15.9 Å². The Bertz CT molecular complexity index is 1400. The highest BCUT2D eigenvalue weighted by molar-refractivity contribution is 7.89. The van der Waals surface area contributed by atoms with Crippen LogP contribution in [0.15, 0.2) is 53.4 Å². The van der Waals surface area contributed by atoms with Crippen molar-refractivity contribution < 1.29 is 32.6 Å². The van der Waals surface area contributed by atoms with E-state index in [-0.39, 0.29) is 54.3 Å². The minimum Gasteiger partial charge on any atom is -0.490 e. The molecular weight excluding hydrogens is 606 g/mol. The third-order valence-electron chi connectivity index (χ3n) is 9.18. The normalized spacial score (nSPS) is 23.2. The van der Waals surface area contributed by atoms with Crippen LogP contribution >= 0.6 is 0 Å². The van der Waals surface area contributed by atoms with Gasteiger partial charge in [0.1, 0.15) is 5.75 Å². The lowest BCUT2D eigenvalue weighted by atomic mass is 9.88. The molecule has 0 radical (unpaired) electrons. The molecule has 0 bridgehead atoms. The molecule has 1 fully saturated rings. The van der Waals surface area contributed by atoms with E-state index in [9.17, 15) is 23.1 Å². The molecule has 1 saturated carbocycles. The number of ether oxygens (including phenoxy) is 2. The van der Waals surface area contributed by atoms with Gasteiger partial charge in [-0.15, -0.1) is 0 Å². The smallest absolute Gasteiger partial charge is 0.258 e. The second-order valence-electron chi connectivity index (χ2n) is 12.9. The minimum atomic E-state index is -3.76. The van der Waals surface area contributed by atoms with Crippen LogP contribution in [0.2, 0.25) is 0 Å². The maximum absolute atomic E-state index is 14.3. The first-order valence-electron chi connectivity index (χ1n) is 16.7. The quantitative estimate of drug-likeness (QED) is 0.394. The maximum Gasteiger partial charge on any atom is 0.258 e. The molecule has 0 aromatic heterocycles. The number of anilines is 1. The predicted octanol–water partition coefficient (Wildman–Crippen LogP) is 5.32. The van der Waals surface area contributed by atoms with Crippen molar-refractivity contribution in [2.24, 2.45) is 11.8 Å². The molecule has 0 unspecified atom stereocenters. The Morgan fingerprint density at radius 2 is 1.74 bits per heavy atom. The molecule has 46 heavy (non-hydrogen) atoms. The predicted molar refractivity (Wildman–Crippen MR) is 178 cm³/mol. The molecule has 1 aliphatic heterocycles. The number of hydrogen-bond acceptors (Lipinski definition) is 7. The summed E-state index contributed by atoms with van der Waals surface area (Å²) in [6.45, 7) is 6.14. The van der Waals surface area contributed by atoms with Crippen molar-refractivity contribution in [3.05, 3.63) is 54.1 Å². The number of nitrogens with zero attached hydrogens (tertiary/aromatic N) is 2. The number of nitrogens with one attached hydrogen (secondary N) is 1. The second-order valence-corrected chi connectivity index (χ2v) is 15.0. The van der Waals surface area contributed by atoms with Crippen LogP contribution in [0, 0.1) is 11.8 Å². The van der Waals surface area contributed by atoms with E-state index in [2.05, 4.69) is 5.32 Å². The number of sulfonamides is 1. The Balaban J connectivity index is 1.63. The highest BCUT2D eigenvalue weighted by atomic mass is 32.2. The molecule has 11 heteroatoms. The van der Waals surface area contributed by atoms with Gasteiger partial charge in [-0.1, -0.05) is 44.4 Å². The van der Waals surface area contributed by atoms with Crippen molar-refractivity contribution in [2.75, 3.05) is 38.7 Å². The monoisotopic (exact) mass is 657 g/mol. The molecule has 0 spiro atoms. The van der Waals surface area contributed by atoms with E-state index in [0.29, 0.717) is 23.6 Å². The van der Waals surface area contributed by atoms with Gasteiger partial charge in [-0.2, -0.15) is 4.31 Å². The van der Waals surface area contributed by atoms with Crippen LogP contribution in [0.25, 0.3) is 0 Å². The Hall–Kier alpha value is -2.99. The van der Waals surface area contributed by atoms with Gasteiger partial charge in [0.25, 0.3) is 5.91 Å². The van der Waals surface area contributed by atoms with E-state index < -0.39 is 22.2 Å². The second kappa shape index (κ2) is 16.7. The molecule has 4 atom stereocenters. The number of likely N-dealkylation sites (N-methyl/N-ethyl adjacent to an activating group) is 1. The first-order chi connectivity index (χ1) is 22.0. The minimum absolute atomic E-state index is 0.0361. The summed E-state index contributed by atoms with van der Waals surface area (Å²) in [6, 6.07) is 12.9. The van der Waals surface area contributed by atoms with E-state index in [0.717, 1.165) is 51.4 Å². The Labute approximate surface area is 274 Å². The lowest BCUT2D eigenvalue weighted by Gasteiger charge is -2.35. The summed E-state index contributed by atoms with van der Waals surface area (Å²) in [6.07, 6.45) is 6.58. The molecule has 2 aliphatic rings. The SMILES string of the molecule is C[C@@H]1CN([C@@H](C)CO)C(=O)c2cc(NC(=O)C3CCCCC3)ccc2O[C@@H](C)CCCCO[C@H]1CN(C)S(=O)(=O)c1ccccc1. The van der Waals surface area contributed by atoms with E-state index in [1.807, 2.05) is 13.8 Å². The van der Waals surface area contributed by atoms with Gasteiger partial charge in [0.05, 0.1) is 35.3 Å². The molecule has 254 valence electrons. The molecule has 0 saturated heterocycles. The van der Waals surface area contributed by atoms with E-state index >= 15 is 0 Å². The van der Waals surface area contributed by atoms with E-state index in [1.54, 1.807) is 67.4 Å². The number of aliphatic hydroxyl groups is 1. The van der Waals surface area contributed by atoms with Gasteiger partial charge in [0.15, 0.2) is 0 Å². The van der Waals surface area contributed by atoms with Gasteiger partial charge in [-0.05, 0) is 76.3 Å². The van der Waals surface area contributed by atoms with Crippen LogP contribution in [0.3, 0.4) is 0 Å². The highest BCUT2D eigenvalue weighted by Gasteiger charge is 2.32. The van der Waals surface area contributed by atoms with Crippen molar-refractivity contribution in [1.82, 2.24) is 9.21 Å². The average molecular weight is 658 g/mol. The van der Waals surface area contributed by atoms with Crippen LogP contribution in [0.1, 0.15) is 82.5 Å². The number of aliphatic hydroxyl groups excluding tert-OH is 1. The summed E-state index contributed by atoms with van der Waals surface area (Å²) in [7, 11) is -2.21. The first-order valence-corrected chi connectivity index (χ1v) is 18.1. The highest BCUT2D eigenvalue weighted by Crippen LogP contribution is 2.30. The average Bonchev–Trinajstić information content (AvgIpc) is 3.06. The van der Waals surface area contributed by atoms with Crippen molar-refractivity contribution in [1.29, 1.82) is 0 Å². The summed E-state index contributed by atoms with van der Waals surface area (Å²) < 4.78 is 40.6. The Morgan fingerprint density at radius 1 is 1.04 bits per heavy atom. The number of carbonyl (C=O) groups is 2. The van der Waals surface area contributed by atoms with Crippen LogP contribution in [-0.2, 0) is 19.6 Å². The number of benzene rings is 2. The maximum atomic E-state index is 14.3. The Morgan fingerprint density at radius 3 is 2.43 bits per heavy atom. The van der Waals surface area contributed by atoms with Crippen molar-refractivity contribution >= 4 is 27.5 Å². The number of fused-ring (bicyclic) bond motifs is 1. The largest absolute Gasteiger partial charge is 0.490 e. The Kier molecular flexibility index (Phi) is 13.0. The summed E-state index contributed by atoms with van der Waals surface area (Å²) in [5, 5.41) is 13.2. The zero-order valence-electron chi connectivity index (χ0n) is 27.7. The van der Waals surface area contributed by atoms with E-state index in [4.69, 9.17) is 9.47 Å². The molecule has 2 N–H and O–H groups in total. The van der Waals surface area contributed by atoms with Crippen LogP contribution in [0.4, 0.5) is 5.69 Å². The van der Waals surface area contributed by atoms with Crippen molar-refractivity contribution in [3.63, 3.8) is 0 Å². The molecule has 10 nitrogen and oxygen atoms in total. The third-order valence-corrected chi connectivity index (χ3v) is 11.0. The molecule has 4 rings (SSSR count). The van der Waals surface area contributed by atoms with Crippen molar-refractivity contribution in [3.8, 4) is 5.75 Å². The van der Waals surface area contributed by atoms with Gasteiger partial charge in [-0.25, -0.2) is 8.42 Å². The van der Waals surface area contributed by atoms with Gasteiger partial charge in [-0.3, -0.25) is 9.59 Å². The summed E-state index contributed by atoms with van der Waals surface area (Å²) in [5.41, 5.74) is 0.831. The van der Waals surface area contributed by atoms with Crippen LogP contribution in [-0.4, -0.2) is 86.1 Å². The molecular formula is C35H51N3O7S.